The van der Waals surface area contributed by atoms with Crippen LogP contribution in [0.5, 0.6) is 5.75 Å². The summed E-state index contributed by atoms with van der Waals surface area (Å²) in [5.74, 6) is 0.954. The molecule has 1 rings (SSSR count). The third kappa shape index (κ3) is 6.99. The van der Waals surface area contributed by atoms with Gasteiger partial charge in [0.2, 0.25) is 0 Å². The van der Waals surface area contributed by atoms with Gasteiger partial charge in [-0.05, 0) is 49.2 Å². The SMILES string of the molecule is CCCN(CCC)C(=S)NC(=O)c1cccc(OCC(C)C)c1. The maximum absolute atomic E-state index is 12.4. The summed E-state index contributed by atoms with van der Waals surface area (Å²) in [6.45, 7) is 10.7. The van der Waals surface area contributed by atoms with Gasteiger partial charge in [-0.15, -0.1) is 0 Å². The maximum Gasteiger partial charge on any atom is 0.257 e. The van der Waals surface area contributed by atoms with Crippen molar-refractivity contribution in [1.82, 2.24) is 10.2 Å². The van der Waals surface area contributed by atoms with Gasteiger partial charge in [0, 0.05) is 18.7 Å². The Hall–Kier alpha value is -1.62. The largest absolute Gasteiger partial charge is 0.493 e. The lowest BCUT2D eigenvalue weighted by atomic mass is 10.2. The second kappa shape index (κ2) is 10.2. The number of hydrogen-bond donors (Lipinski definition) is 1. The lowest BCUT2D eigenvalue weighted by Crippen LogP contribution is -2.43. The van der Waals surface area contributed by atoms with E-state index in [0.717, 1.165) is 25.9 Å². The highest BCUT2D eigenvalue weighted by Gasteiger charge is 2.13. The van der Waals surface area contributed by atoms with E-state index in [2.05, 4.69) is 33.0 Å². The standard InChI is InChI=1S/C18H28N2O2S/c1-5-10-20(11-6-2)18(23)19-17(21)15-8-7-9-16(12-15)22-13-14(3)4/h7-9,12,14H,5-6,10-11,13H2,1-4H3,(H,19,21,23). The predicted molar refractivity (Wildman–Crippen MR) is 99.0 cm³/mol. The van der Waals surface area contributed by atoms with E-state index in [1.165, 1.54) is 0 Å². The van der Waals surface area contributed by atoms with Crippen molar-refractivity contribution in [2.45, 2.75) is 40.5 Å². The van der Waals surface area contributed by atoms with Gasteiger partial charge in [-0.2, -0.15) is 0 Å². The zero-order valence-corrected chi connectivity index (χ0v) is 15.4. The van der Waals surface area contributed by atoms with Crippen LogP contribution in [0.3, 0.4) is 0 Å². The molecular formula is C18H28N2O2S. The molecule has 0 saturated heterocycles. The van der Waals surface area contributed by atoms with Crippen LogP contribution < -0.4 is 10.1 Å². The molecule has 1 aromatic rings. The molecule has 0 atom stereocenters. The Bertz CT molecular complexity index is 511. The molecule has 0 heterocycles. The normalized spacial score (nSPS) is 10.5. The number of thiocarbonyl (C=S) groups is 1. The van der Waals surface area contributed by atoms with Gasteiger partial charge >= 0.3 is 0 Å². The molecule has 0 aliphatic heterocycles. The first-order valence-electron chi connectivity index (χ1n) is 8.31. The Morgan fingerprint density at radius 2 is 1.91 bits per heavy atom. The summed E-state index contributed by atoms with van der Waals surface area (Å²) in [5, 5.41) is 3.31. The van der Waals surface area contributed by atoms with Crippen molar-refractivity contribution in [2.24, 2.45) is 5.92 Å². The molecule has 0 aliphatic carbocycles. The van der Waals surface area contributed by atoms with Gasteiger partial charge in [-0.1, -0.05) is 33.8 Å². The molecule has 0 spiro atoms. The van der Waals surface area contributed by atoms with Crippen LogP contribution >= 0.6 is 12.2 Å². The lowest BCUT2D eigenvalue weighted by Gasteiger charge is -2.24. The first-order valence-corrected chi connectivity index (χ1v) is 8.71. The smallest absolute Gasteiger partial charge is 0.257 e. The van der Waals surface area contributed by atoms with Crippen LogP contribution in [0.15, 0.2) is 24.3 Å². The predicted octanol–water partition coefficient (Wildman–Crippen LogP) is 3.86. The maximum atomic E-state index is 12.4. The molecule has 0 saturated carbocycles. The summed E-state index contributed by atoms with van der Waals surface area (Å²) in [5.41, 5.74) is 0.557. The number of nitrogens with one attached hydrogen (secondary N) is 1. The Kier molecular flexibility index (Phi) is 8.62. The summed E-state index contributed by atoms with van der Waals surface area (Å²) in [7, 11) is 0. The second-order valence-corrected chi connectivity index (χ2v) is 6.37. The molecule has 0 bridgehead atoms. The summed E-state index contributed by atoms with van der Waals surface area (Å²) >= 11 is 5.36. The van der Waals surface area contributed by atoms with Gasteiger partial charge in [0.1, 0.15) is 5.75 Å². The first kappa shape index (κ1) is 19.4. The van der Waals surface area contributed by atoms with Crippen LogP contribution in [0.25, 0.3) is 0 Å². The second-order valence-electron chi connectivity index (χ2n) is 5.98. The van der Waals surface area contributed by atoms with Crippen molar-refractivity contribution < 1.29 is 9.53 Å². The zero-order valence-electron chi connectivity index (χ0n) is 14.6. The molecule has 0 unspecified atom stereocenters. The number of ether oxygens (including phenoxy) is 1. The number of nitrogens with zero attached hydrogens (tertiary/aromatic N) is 1. The number of amides is 1. The summed E-state index contributed by atoms with van der Waals surface area (Å²) in [4.78, 5) is 14.4. The molecule has 0 aromatic heterocycles. The Morgan fingerprint density at radius 1 is 1.26 bits per heavy atom. The number of hydrogen-bond acceptors (Lipinski definition) is 3. The van der Waals surface area contributed by atoms with Gasteiger partial charge in [-0.25, -0.2) is 0 Å². The third-order valence-electron chi connectivity index (χ3n) is 3.17. The van der Waals surface area contributed by atoms with Crippen LogP contribution in [-0.2, 0) is 0 Å². The molecule has 128 valence electrons. The minimum Gasteiger partial charge on any atom is -0.493 e. The summed E-state index contributed by atoms with van der Waals surface area (Å²) < 4.78 is 5.66. The zero-order chi connectivity index (χ0) is 17.2. The monoisotopic (exact) mass is 336 g/mol. The molecule has 0 radical (unpaired) electrons. The van der Waals surface area contributed by atoms with Crippen LogP contribution in [0.2, 0.25) is 0 Å². The van der Waals surface area contributed by atoms with Gasteiger partial charge in [0.05, 0.1) is 6.61 Å². The van der Waals surface area contributed by atoms with Crippen LogP contribution in [0.4, 0.5) is 0 Å². The quantitative estimate of drug-likeness (QED) is 0.732. The average molecular weight is 337 g/mol. The van der Waals surface area contributed by atoms with Gasteiger partial charge < -0.3 is 9.64 Å². The molecule has 5 heteroatoms. The number of rotatable bonds is 8. The van der Waals surface area contributed by atoms with E-state index in [0.29, 0.717) is 29.0 Å². The van der Waals surface area contributed by atoms with E-state index in [1.807, 2.05) is 17.0 Å². The first-order chi connectivity index (χ1) is 11.0. The topological polar surface area (TPSA) is 41.6 Å². The molecule has 23 heavy (non-hydrogen) atoms. The van der Waals surface area contributed by atoms with Gasteiger partial charge in [0.15, 0.2) is 5.11 Å². The highest BCUT2D eigenvalue weighted by atomic mass is 32.1. The summed E-state index contributed by atoms with van der Waals surface area (Å²) in [6.07, 6.45) is 1.99. The molecule has 1 amide bonds. The number of carbonyl (C=O) groups is 1. The molecular weight excluding hydrogens is 308 g/mol. The van der Waals surface area contributed by atoms with Gasteiger partial charge in [0.25, 0.3) is 5.91 Å². The van der Waals surface area contributed by atoms with Crippen molar-refractivity contribution in [2.75, 3.05) is 19.7 Å². The van der Waals surface area contributed by atoms with Crippen LogP contribution in [0, 0.1) is 5.92 Å². The third-order valence-corrected chi connectivity index (χ3v) is 3.53. The van der Waals surface area contributed by atoms with E-state index in [9.17, 15) is 4.79 Å². The minimum absolute atomic E-state index is 0.192. The Labute approximate surface area is 145 Å². The van der Waals surface area contributed by atoms with Crippen molar-refractivity contribution >= 4 is 23.2 Å². The molecule has 1 aromatic carbocycles. The number of benzene rings is 1. The minimum atomic E-state index is -0.192. The van der Waals surface area contributed by atoms with E-state index in [4.69, 9.17) is 17.0 Å². The van der Waals surface area contributed by atoms with Crippen molar-refractivity contribution in [3.05, 3.63) is 29.8 Å². The highest BCUT2D eigenvalue weighted by Crippen LogP contribution is 2.14. The fraction of sp³-hybridized carbons (Fsp3) is 0.556. The molecule has 0 fully saturated rings. The van der Waals surface area contributed by atoms with Crippen molar-refractivity contribution in [3.8, 4) is 5.75 Å². The van der Waals surface area contributed by atoms with E-state index in [-0.39, 0.29) is 5.91 Å². The molecule has 1 N–H and O–H groups in total. The van der Waals surface area contributed by atoms with E-state index < -0.39 is 0 Å². The Morgan fingerprint density at radius 3 is 2.48 bits per heavy atom. The molecule has 0 aliphatic rings. The van der Waals surface area contributed by atoms with E-state index >= 15 is 0 Å². The molecule has 4 nitrogen and oxygen atoms in total. The lowest BCUT2D eigenvalue weighted by molar-refractivity contribution is 0.0972. The van der Waals surface area contributed by atoms with Gasteiger partial charge in [-0.3, -0.25) is 10.1 Å². The van der Waals surface area contributed by atoms with E-state index in [1.54, 1.807) is 12.1 Å². The summed E-state index contributed by atoms with van der Waals surface area (Å²) in [6, 6.07) is 7.20. The van der Waals surface area contributed by atoms with Crippen molar-refractivity contribution in [1.29, 1.82) is 0 Å². The highest BCUT2D eigenvalue weighted by molar-refractivity contribution is 7.80. The van der Waals surface area contributed by atoms with Crippen LogP contribution in [-0.4, -0.2) is 35.6 Å². The fourth-order valence-electron chi connectivity index (χ4n) is 2.09. The van der Waals surface area contributed by atoms with Crippen molar-refractivity contribution in [3.63, 3.8) is 0 Å². The number of carbonyl (C=O) groups excluding carboxylic acids is 1. The Balaban J connectivity index is 2.69. The average Bonchev–Trinajstić information content (AvgIpc) is 2.53. The van der Waals surface area contributed by atoms with Crippen LogP contribution in [0.1, 0.15) is 50.9 Å². The fourth-order valence-corrected chi connectivity index (χ4v) is 2.37.